The molecule has 0 radical (unpaired) electrons. The molecule has 0 rings (SSSR count). The molecule has 0 aliphatic carbocycles. The van der Waals surface area contributed by atoms with Crippen LogP contribution in [0.3, 0.4) is 0 Å². The zero-order valence-corrected chi connectivity index (χ0v) is 50.1. The van der Waals surface area contributed by atoms with E-state index in [-0.39, 0.29) is 31.1 Å². The van der Waals surface area contributed by atoms with Crippen molar-refractivity contribution in [1.29, 1.82) is 0 Å². The zero-order chi connectivity index (χ0) is 54.3. The molecule has 6 nitrogen and oxygen atoms in total. The van der Waals surface area contributed by atoms with Gasteiger partial charge < -0.3 is 14.2 Å². The van der Waals surface area contributed by atoms with E-state index in [1.54, 1.807) is 0 Å². The fourth-order valence-electron chi connectivity index (χ4n) is 9.49. The van der Waals surface area contributed by atoms with E-state index in [2.05, 4.69) is 81.5 Å². The molecule has 0 aliphatic heterocycles. The molecule has 0 aromatic carbocycles. The Morgan fingerprint density at radius 1 is 0.267 bits per heavy atom. The average Bonchev–Trinajstić information content (AvgIpc) is 3.41. The fraction of sp³-hybridized carbons (Fsp3) is 0.812. The molecule has 0 saturated carbocycles. The SMILES string of the molecule is CCCC/C=C\C/C=C\CCCCCCCC(=O)OC(COC(=O)CCCCCCC/C=C\CCCCC)COC(=O)CCCCCCCCCCCCCCCCCCCCC/C=C\C/C=C\CCCCCCC. The number of esters is 3. The molecule has 0 aromatic rings. The number of unbranched alkanes of at least 4 members (excludes halogenated alkanes) is 39. The van der Waals surface area contributed by atoms with Gasteiger partial charge in [-0.1, -0.05) is 281 Å². The maximum atomic E-state index is 12.9. The van der Waals surface area contributed by atoms with Gasteiger partial charge in [0.25, 0.3) is 0 Å². The number of carbonyl (C=O) groups is 3. The summed E-state index contributed by atoms with van der Waals surface area (Å²) in [7, 11) is 0. The standard InChI is InChI=1S/C69H124O6/c1-4-7-10-13-16-19-22-25-27-28-29-30-31-32-33-34-35-36-37-38-39-40-41-42-43-45-47-50-53-56-59-62-68(71)74-65-66(64-73-67(70)61-58-55-52-49-46-24-21-18-15-12-9-6-3)75-69(72)63-60-57-54-51-48-44-26-23-20-17-14-11-8-5-2/h14,17-18,21-23,25-26,28-29,66H,4-13,15-16,19-20,24,27,30-65H2,1-3H3/b17-14-,21-18-,25-22-,26-23-,29-28-. The summed E-state index contributed by atoms with van der Waals surface area (Å²) in [6.07, 6.45) is 81.1. The molecule has 75 heavy (non-hydrogen) atoms. The van der Waals surface area contributed by atoms with Gasteiger partial charge in [0, 0.05) is 19.3 Å². The maximum absolute atomic E-state index is 12.9. The quantitative estimate of drug-likeness (QED) is 0.0261. The van der Waals surface area contributed by atoms with E-state index in [0.717, 1.165) is 96.3 Å². The predicted octanol–water partition coefficient (Wildman–Crippen LogP) is 22.3. The summed E-state index contributed by atoms with van der Waals surface area (Å²) in [5.74, 6) is -0.888. The van der Waals surface area contributed by atoms with Crippen molar-refractivity contribution in [2.45, 2.75) is 348 Å². The first kappa shape index (κ1) is 72.1. The molecule has 0 spiro atoms. The van der Waals surface area contributed by atoms with Crippen LogP contribution >= 0.6 is 0 Å². The molecule has 0 amide bonds. The van der Waals surface area contributed by atoms with Crippen molar-refractivity contribution in [2.75, 3.05) is 13.2 Å². The molecule has 0 fully saturated rings. The van der Waals surface area contributed by atoms with E-state index in [1.807, 2.05) is 0 Å². The molecule has 6 heteroatoms. The van der Waals surface area contributed by atoms with Gasteiger partial charge >= 0.3 is 17.9 Å². The summed E-state index contributed by atoms with van der Waals surface area (Å²) < 4.78 is 16.9. The molecule has 0 bridgehead atoms. The first-order chi connectivity index (χ1) is 37.0. The number of hydrogen-bond acceptors (Lipinski definition) is 6. The minimum Gasteiger partial charge on any atom is -0.462 e. The molecule has 436 valence electrons. The van der Waals surface area contributed by atoms with E-state index in [0.29, 0.717) is 19.3 Å². The van der Waals surface area contributed by atoms with Crippen LogP contribution in [0.2, 0.25) is 0 Å². The Kier molecular flexibility index (Phi) is 61.2. The highest BCUT2D eigenvalue weighted by atomic mass is 16.6. The van der Waals surface area contributed by atoms with Crippen LogP contribution in [0.1, 0.15) is 342 Å². The predicted molar refractivity (Wildman–Crippen MR) is 325 cm³/mol. The van der Waals surface area contributed by atoms with E-state index >= 15 is 0 Å². The topological polar surface area (TPSA) is 78.9 Å². The van der Waals surface area contributed by atoms with Gasteiger partial charge in [0.15, 0.2) is 6.10 Å². The third-order valence-corrected chi connectivity index (χ3v) is 14.5. The third-order valence-electron chi connectivity index (χ3n) is 14.5. The van der Waals surface area contributed by atoms with Gasteiger partial charge in [0.05, 0.1) is 0 Å². The van der Waals surface area contributed by atoms with Crippen molar-refractivity contribution in [3.05, 3.63) is 60.8 Å². The highest BCUT2D eigenvalue weighted by Gasteiger charge is 2.19. The number of hydrogen-bond donors (Lipinski definition) is 0. The Bertz CT molecular complexity index is 1340. The Hall–Kier alpha value is -2.89. The van der Waals surface area contributed by atoms with Crippen LogP contribution in [0.5, 0.6) is 0 Å². The second-order valence-corrected chi connectivity index (χ2v) is 22.0. The van der Waals surface area contributed by atoms with E-state index in [1.165, 1.54) is 205 Å². The lowest BCUT2D eigenvalue weighted by molar-refractivity contribution is -0.167. The van der Waals surface area contributed by atoms with Crippen LogP contribution in [0.25, 0.3) is 0 Å². The van der Waals surface area contributed by atoms with E-state index in [4.69, 9.17) is 14.2 Å². The lowest BCUT2D eigenvalue weighted by Gasteiger charge is -2.18. The second-order valence-electron chi connectivity index (χ2n) is 22.0. The molecule has 0 heterocycles. The monoisotopic (exact) mass is 1050 g/mol. The second kappa shape index (κ2) is 63.6. The fourth-order valence-corrected chi connectivity index (χ4v) is 9.49. The van der Waals surface area contributed by atoms with Crippen molar-refractivity contribution in [1.82, 2.24) is 0 Å². The van der Waals surface area contributed by atoms with Crippen molar-refractivity contribution in [3.63, 3.8) is 0 Å². The smallest absolute Gasteiger partial charge is 0.306 e. The van der Waals surface area contributed by atoms with Gasteiger partial charge in [0.1, 0.15) is 13.2 Å². The van der Waals surface area contributed by atoms with Crippen molar-refractivity contribution in [3.8, 4) is 0 Å². The number of rotatable bonds is 60. The molecule has 1 unspecified atom stereocenters. The summed E-state index contributed by atoms with van der Waals surface area (Å²) in [4.78, 5) is 38.2. The summed E-state index contributed by atoms with van der Waals surface area (Å²) in [6, 6.07) is 0. The molecule has 0 aromatic heterocycles. The average molecular weight is 1050 g/mol. The molecule has 0 saturated heterocycles. The molecular formula is C69H124O6. The van der Waals surface area contributed by atoms with Gasteiger partial charge in [-0.15, -0.1) is 0 Å². The Morgan fingerprint density at radius 2 is 0.493 bits per heavy atom. The highest BCUT2D eigenvalue weighted by Crippen LogP contribution is 2.17. The molecular weight excluding hydrogens is 925 g/mol. The first-order valence-corrected chi connectivity index (χ1v) is 32.8. The van der Waals surface area contributed by atoms with Crippen molar-refractivity contribution < 1.29 is 28.6 Å². The minimum absolute atomic E-state index is 0.0796. The maximum Gasteiger partial charge on any atom is 0.306 e. The van der Waals surface area contributed by atoms with Crippen LogP contribution in [0.15, 0.2) is 60.8 Å². The summed E-state index contributed by atoms with van der Waals surface area (Å²) in [5.41, 5.74) is 0. The van der Waals surface area contributed by atoms with Crippen LogP contribution in [0, 0.1) is 0 Å². The van der Waals surface area contributed by atoms with Gasteiger partial charge in [-0.25, -0.2) is 0 Å². The first-order valence-electron chi connectivity index (χ1n) is 32.8. The van der Waals surface area contributed by atoms with Gasteiger partial charge in [-0.05, 0) is 103 Å². The molecule has 0 aliphatic rings. The lowest BCUT2D eigenvalue weighted by atomic mass is 10.0. The van der Waals surface area contributed by atoms with E-state index < -0.39 is 6.10 Å². The Morgan fingerprint density at radius 3 is 0.813 bits per heavy atom. The van der Waals surface area contributed by atoms with Gasteiger partial charge in [-0.3, -0.25) is 14.4 Å². The van der Waals surface area contributed by atoms with Crippen molar-refractivity contribution >= 4 is 17.9 Å². The number of carbonyl (C=O) groups excluding carboxylic acids is 3. The molecule has 1 atom stereocenters. The number of allylic oxidation sites excluding steroid dienone is 10. The van der Waals surface area contributed by atoms with Crippen LogP contribution < -0.4 is 0 Å². The van der Waals surface area contributed by atoms with Crippen molar-refractivity contribution in [2.24, 2.45) is 0 Å². The molecule has 0 N–H and O–H groups in total. The van der Waals surface area contributed by atoms with Crippen LogP contribution in [0.4, 0.5) is 0 Å². The largest absolute Gasteiger partial charge is 0.462 e. The van der Waals surface area contributed by atoms with Gasteiger partial charge in [0.2, 0.25) is 0 Å². The lowest BCUT2D eigenvalue weighted by Crippen LogP contribution is -2.30. The Labute approximate surface area is 466 Å². The summed E-state index contributed by atoms with van der Waals surface area (Å²) in [6.45, 7) is 6.58. The highest BCUT2D eigenvalue weighted by molar-refractivity contribution is 5.71. The van der Waals surface area contributed by atoms with Crippen LogP contribution in [-0.4, -0.2) is 37.2 Å². The van der Waals surface area contributed by atoms with E-state index in [9.17, 15) is 14.4 Å². The minimum atomic E-state index is -0.783. The number of ether oxygens (including phenoxy) is 3. The van der Waals surface area contributed by atoms with Crippen LogP contribution in [-0.2, 0) is 28.6 Å². The Balaban J connectivity index is 4.12. The summed E-state index contributed by atoms with van der Waals surface area (Å²) >= 11 is 0. The zero-order valence-electron chi connectivity index (χ0n) is 50.1. The van der Waals surface area contributed by atoms with Gasteiger partial charge in [-0.2, -0.15) is 0 Å². The summed E-state index contributed by atoms with van der Waals surface area (Å²) in [5, 5.41) is 0. The third kappa shape index (κ3) is 61.8. The normalized spacial score (nSPS) is 12.4.